The minimum absolute atomic E-state index is 0.190. The van der Waals surface area contributed by atoms with Gasteiger partial charge in [-0.25, -0.2) is 17.6 Å². The molecule has 1 fully saturated rings. The van der Waals surface area contributed by atoms with E-state index in [9.17, 15) is 35.1 Å². The first-order chi connectivity index (χ1) is 19.1. The van der Waals surface area contributed by atoms with E-state index in [4.69, 9.17) is 14.2 Å². The molecule has 0 atom stereocenters. The maximum Gasteiger partial charge on any atom is 0.204 e. The standard InChI is InChI=1S/C29H32F8O3/c1-3-5-6-7-8-9-10-11-12-13-39-27-23(34)19(30)17(20(31)24(27)35)18-21(32)25(36)28(26(37)22(18)33)40-16-29(4-2)14-38-15-29/h3H,1,4-16H2,2H3. The Balaban J connectivity index is 1.76. The van der Waals surface area contributed by atoms with E-state index < -0.39 is 74.6 Å². The fourth-order valence-electron chi connectivity index (χ4n) is 4.37. The number of benzene rings is 2. The first kappa shape index (κ1) is 31.7. The highest BCUT2D eigenvalue weighted by molar-refractivity contribution is 5.69. The normalized spacial score (nSPS) is 14.2. The lowest BCUT2D eigenvalue weighted by molar-refractivity contribution is -0.134. The van der Waals surface area contributed by atoms with Crippen molar-refractivity contribution in [1.82, 2.24) is 0 Å². The Morgan fingerprint density at radius 3 is 1.48 bits per heavy atom. The van der Waals surface area contributed by atoms with Gasteiger partial charge in [0.2, 0.25) is 23.3 Å². The van der Waals surface area contributed by atoms with Gasteiger partial charge in [0.15, 0.2) is 34.8 Å². The van der Waals surface area contributed by atoms with Gasteiger partial charge in [-0.15, -0.1) is 6.58 Å². The summed E-state index contributed by atoms with van der Waals surface area (Å²) in [5.74, 6) is -20.4. The van der Waals surface area contributed by atoms with Crippen LogP contribution < -0.4 is 9.47 Å². The molecule has 222 valence electrons. The fraction of sp³-hybridized carbons (Fsp3) is 0.517. The van der Waals surface area contributed by atoms with Crippen molar-refractivity contribution in [2.24, 2.45) is 5.41 Å². The highest BCUT2D eigenvalue weighted by Gasteiger charge is 2.40. The van der Waals surface area contributed by atoms with Crippen LogP contribution in [0.2, 0.25) is 0 Å². The predicted octanol–water partition coefficient (Wildman–Crippen LogP) is 8.96. The van der Waals surface area contributed by atoms with E-state index >= 15 is 0 Å². The Hall–Kier alpha value is -2.82. The van der Waals surface area contributed by atoms with Crippen LogP contribution in [0.3, 0.4) is 0 Å². The third kappa shape index (κ3) is 6.72. The van der Waals surface area contributed by atoms with Crippen molar-refractivity contribution in [1.29, 1.82) is 0 Å². The summed E-state index contributed by atoms with van der Waals surface area (Å²) in [4.78, 5) is 0. The number of halogens is 8. The van der Waals surface area contributed by atoms with Crippen LogP contribution in [0.1, 0.15) is 64.7 Å². The summed E-state index contributed by atoms with van der Waals surface area (Å²) >= 11 is 0. The summed E-state index contributed by atoms with van der Waals surface area (Å²) in [6.07, 6.45) is 9.04. The Morgan fingerprint density at radius 2 is 1.07 bits per heavy atom. The molecule has 0 radical (unpaired) electrons. The third-order valence-electron chi connectivity index (χ3n) is 7.08. The van der Waals surface area contributed by atoms with Crippen LogP contribution in [0.15, 0.2) is 12.7 Å². The topological polar surface area (TPSA) is 27.7 Å². The lowest BCUT2D eigenvalue weighted by atomic mass is 9.84. The van der Waals surface area contributed by atoms with Gasteiger partial charge in [0.25, 0.3) is 0 Å². The molecular weight excluding hydrogens is 548 g/mol. The maximum atomic E-state index is 14.8. The van der Waals surface area contributed by atoms with E-state index in [1.807, 2.05) is 6.08 Å². The summed E-state index contributed by atoms with van der Waals surface area (Å²) in [5.41, 5.74) is -4.53. The summed E-state index contributed by atoms with van der Waals surface area (Å²) in [7, 11) is 0. The van der Waals surface area contributed by atoms with Gasteiger partial charge in [0.05, 0.1) is 43.0 Å². The van der Waals surface area contributed by atoms with Gasteiger partial charge in [-0.1, -0.05) is 45.1 Å². The molecule has 40 heavy (non-hydrogen) atoms. The van der Waals surface area contributed by atoms with Crippen LogP contribution in [0, 0.1) is 52.0 Å². The van der Waals surface area contributed by atoms with E-state index in [0.717, 1.165) is 38.5 Å². The average molecular weight is 581 g/mol. The van der Waals surface area contributed by atoms with Crippen molar-refractivity contribution in [2.75, 3.05) is 26.4 Å². The van der Waals surface area contributed by atoms with Gasteiger partial charge in [-0.2, -0.15) is 17.6 Å². The zero-order valence-electron chi connectivity index (χ0n) is 22.2. The van der Waals surface area contributed by atoms with Crippen LogP contribution in [0.5, 0.6) is 11.5 Å². The van der Waals surface area contributed by atoms with Gasteiger partial charge in [0.1, 0.15) is 0 Å². The van der Waals surface area contributed by atoms with E-state index in [1.54, 1.807) is 6.92 Å². The Kier molecular flexibility index (Phi) is 11.2. The SMILES string of the molecule is C=CCCCCCCCCCOc1c(F)c(F)c(-c2c(F)c(F)c(OCC3(CC)COC3)c(F)c2F)c(F)c1F. The third-order valence-corrected chi connectivity index (χ3v) is 7.08. The van der Waals surface area contributed by atoms with E-state index in [-0.39, 0.29) is 26.4 Å². The van der Waals surface area contributed by atoms with Gasteiger partial charge in [0, 0.05) is 0 Å². The Morgan fingerprint density at radius 1 is 0.650 bits per heavy atom. The molecule has 0 N–H and O–H groups in total. The fourth-order valence-corrected chi connectivity index (χ4v) is 4.37. The lowest BCUT2D eigenvalue weighted by Gasteiger charge is -2.40. The van der Waals surface area contributed by atoms with Crippen molar-refractivity contribution in [2.45, 2.75) is 64.7 Å². The van der Waals surface area contributed by atoms with Crippen LogP contribution >= 0.6 is 0 Å². The molecule has 0 aliphatic carbocycles. The second kappa shape index (κ2) is 14.2. The minimum atomic E-state index is -2.28. The Labute approximate surface area is 228 Å². The van der Waals surface area contributed by atoms with Gasteiger partial charge < -0.3 is 14.2 Å². The maximum absolute atomic E-state index is 14.8. The van der Waals surface area contributed by atoms with Crippen molar-refractivity contribution < 1.29 is 49.3 Å². The highest BCUT2D eigenvalue weighted by atomic mass is 19.2. The number of ether oxygens (including phenoxy) is 3. The van der Waals surface area contributed by atoms with E-state index in [2.05, 4.69) is 6.58 Å². The second-order valence-corrected chi connectivity index (χ2v) is 9.96. The molecule has 2 aromatic rings. The van der Waals surface area contributed by atoms with Crippen molar-refractivity contribution in [3.8, 4) is 22.6 Å². The zero-order valence-corrected chi connectivity index (χ0v) is 22.2. The molecule has 0 amide bonds. The molecule has 1 saturated heterocycles. The molecule has 0 unspecified atom stereocenters. The van der Waals surface area contributed by atoms with E-state index in [0.29, 0.717) is 19.3 Å². The first-order valence-electron chi connectivity index (χ1n) is 13.3. The molecule has 2 aromatic carbocycles. The molecule has 1 aliphatic heterocycles. The quantitative estimate of drug-likeness (QED) is 0.0859. The predicted molar refractivity (Wildman–Crippen MR) is 133 cm³/mol. The number of allylic oxidation sites excluding steroid dienone is 1. The average Bonchev–Trinajstić information content (AvgIpc) is 2.92. The number of unbranched alkanes of at least 4 members (excludes halogenated alkanes) is 7. The molecule has 3 nitrogen and oxygen atoms in total. The molecule has 1 aliphatic rings. The molecule has 3 rings (SSSR count). The van der Waals surface area contributed by atoms with Gasteiger partial charge in [-0.3, -0.25) is 0 Å². The summed E-state index contributed by atoms with van der Waals surface area (Å²) < 4.78 is 133. The van der Waals surface area contributed by atoms with Gasteiger partial charge >= 0.3 is 0 Å². The van der Waals surface area contributed by atoms with Gasteiger partial charge in [-0.05, 0) is 25.7 Å². The molecular formula is C29H32F8O3. The monoisotopic (exact) mass is 580 g/mol. The molecule has 0 aromatic heterocycles. The number of rotatable bonds is 16. The van der Waals surface area contributed by atoms with Crippen LogP contribution in [0.25, 0.3) is 11.1 Å². The number of hydrogen-bond acceptors (Lipinski definition) is 3. The lowest BCUT2D eigenvalue weighted by Crippen LogP contribution is -2.46. The van der Waals surface area contributed by atoms with Crippen LogP contribution in [-0.4, -0.2) is 26.4 Å². The largest absolute Gasteiger partial charge is 0.487 e. The van der Waals surface area contributed by atoms with E-state index in [1.165, 1.54) is 0 Å². The molecule has 0 bridgehead atoms. The summed E-state index contributed by atoms with van der Waals surface area (Å²) in [6, 6.07) is 0. The zero-order chi connectivity index (χ0) is 29.4. The molecule has 0 saturated carbocycles. The van der Waals surface area contributed by atoms with Crippen molar-refractivity contribution >= 4 is 0 Å². The molecule has 0 spiro atoms. The first-order valence-corrected chi connectivity index (χ1v) is 13.3. The Bertz CT molecular complexity index is 1130. The highest BCUT2D eigenvalue weighted by Crippen LogP contribution is 2.42. The summed E-state index contributed by atoms with van der Waals surface area (Å²) in [6.45, 7) is 5.13. The molecule has 1 heterocycles. The summed E-state index contributed by atoms with van der Waals surface area (Å²) in [5, 5.41) is 0. The smallest absolute Gasteiger partial charge is 0.204 e. The molecule has 11 heteroatoms. The van der Waals surface area contributed by atoms with Crippen molar-refractivity contribution in [3.05, 3.63) is 59.2 Å². The van der Waals surface area contributed by atoms with Crippen LogP contribution in [0.4, 0.5) is 35.1 Å². The minimum Gasteiger partial charge on any atom is -0.487 e. The van der Waals surface area contributed by atoms with Crippen LogP contribution in [-0.2, 0) is 4.74 Å². The van der Waals surface area contributed by atoms with Crippen molar-refractivity contribution in [3.63, 3.8) is 0 Å². The number of hydrogen-bond donors (Lipinski definition) is 0. The second-order valence-electron chi connectivity index (χ2n) is 9.96.